The third kappa shape index (κ3) is 3.79. The second-order valence-corrected chi connectivity index (χ2v) is 6.10. The summed E-state index contributed by atoms with van der Waals surface area (Å²) >= 11 is 1.33. The molecule has 20 heavy (non-hydrogen) atoms. The molecule has 0 saturated heterocycles. The van der Waals surface area contributed by atoms with Gasteiger partial charge in [-0.3, -0.25) is 4.79 Å². The fourth-order valence-electron chi connectivity index (χ4n) is 2.06. The van der Waals surface area contributed by atoms with Gasteiger partial charge in [0.2, 0.25) is 0 Å². The Morgan fingerprint density at radius 2 is 2.10 bits per heavy atom. The molecule has 0 aliphatic rings. The van der Waals surface area contributed by atoms with Crippen molar-refractivity contribution in [2.24, 2.45) is 5.92 Å². The molecule has 6 heteroatoms. The van der Waals surface area contributed by atoms with E-state index >= 15 is 0 Å². The van der Waals surface area contributed by atoms with Gasteiger partial charge in [0.05, 0.1) is 7.11 Å². The summed E-state index contributed by atoms with van der Waals surface area (Å²) in [6, 6.07) is 0.300. The standard InChI is InChI=1S/C14H25N3O2S/c1-6-8(2)7-9(3)17-14-11(19-5)10(15)12(20-14)13(18)16-4/h8-9,17H,6-7,15H2,1-5H3,(H,16,18). The number of nitrogens with one attached hydrogen (secondary N) is 2. The van der Waals surface area contributed by atoms with Crippen molar-refractivity contribution in [2.45, 2.75) is 39.7 Å². The average molecular weight is 299 g/mol. The van der Waals surface area contributed by atoms with Gasteiger partial charge in [0, 0.05) is 13.1 Å². The van der Waals surface area contributed by atoms with Gasteiger partial charge >= 0.3 is 0 Å². The number of carbonyl (C=O) groups excluding carboxylic acids is 1. The number of nitrogen functional groups attached to an aromatic ring is 1. The molecule has 5 nitrogen and oxygen atoms in total. The van der Waals surface area contributed by atoms with Crippen LogP contribution >= 0.6 is 11.3 Å². The first kappa shape index (κ1) is 16.6. The molecule has 0 fully saturated rings. The lowest BCUT2D eigenvalue weighted by atomic mass is 10.0. The lowest BCUT2D eigenvalue weighted by Gasteiger charge is -2.18. The molecular formula is C14H25N3O2S. The predicted octanol–water partition coefficient (Wildman–Crippen LogP) is 2.94. The van der Waals surface area contributed by atoms with Crippen LogP contribution in [-0.2, 0) is 0 Å². The fraction of sp³-hybridized carbons (Fsp3) is 0.643. The lowest BCUT2D eigenvalue weighted by molar-refractivity contribution is 0.0967. The summed E-state index contributed by atoms with van der Waals surface area (Å²) < 4.78 is 5.33. The first-order valence-corrected chi connectivity index (χ1v) is 7.71. The SMILES string of the molecule is CCC(C)CC(C)Nc1sc(C(=O)NC)c(N)c1OC. The third-order valence-electron chi connectivity index (χ3n) is 3.37. The molecule has 0 radical (unpaired) electrons. The Bertz CT molecular complexity index is 460. The van der Waals surface area contributed by atoms with Crippen molar-refractivity contribution >= 4 is 27.9 Å². The summed E-state index contributed by atoms with van der Waals surface area (Å²) in [5.41, 5.74) is 6.38. The number of anilines is 2. The van der Waals surface area contributed by atoms with E-state index < -0.39 is 0 Å². The first-order valence-electron chi connectivity index (χ1n) is 6.89. The van der Waals surface area contributed by atoms with Crippen LogP contribution in [0.3, 0.4) is 0 Å². The lowest BCUT2D eigenvalue weighted by Crippen LogP contribution is -2.18. The van der Waals surface area contributed by atoms with Gasteiger partial charge in [-0.15, -0.1) is 11.3 Å². The van der Waals surface area contributed by atoms with Crippen LogP contribution in [0, 0.1) is 5.92 Å². The molecule has 114 valence electrons. The number of hydrogen-bond acceptors (Lipinski definition) is 5. The summed E-state index contributed by atoms with van der Waals surface area (Å²) in [6.07, 6.45) is 2.21. The zero-order valence-electron chi connectivity index (χ0n) is 12.9. The maximum atomic E-state index is 11.8. The Kier molecular flexibility index (Phi) is 6.13. The van der Waals surface area contributed by atoms with E-state index in [0.717, 1.165) is 17.8 Å². The van der Waals surface area contributed by atoms with Gasteiger partial charge in [-0.2, -0.15) is 0 Å². The minimum absolute atomic E-state index is 0.187. The highest BCUT2D eigenvalue weighted by atomic mass is 32.1. The molecule has 1 heterocycles. The topological polar surface area (TPSA) is 76.4 Å². The molecule has 0 aromatic carbocycles. The summed E-state index contributed by atoms with van der Waals surface area (Å²) in [7, 11) is 3.16. The average Bonchev–Trinajstić information content (AvgIpc) is 2.73. The van der Waals surface area contributed by atoms with Gasteiger partial charge in [0.15, 0.2) is 5.75 Å². The van der Waals surface area contributed by atoms with Crippen molar-refractivity contribution in [3.8, 4) is 5.75 Å². The Balaban J connectivity index is 2.92. The number of nitrogens with two attached hydrogens (primary N) is 1. The number of carbonyl (C=O) groups is 1. The number of amides is 1. The van der Waals surface area contributed by atoms with E-state index in [9.17, 15) is 4.79 Å². The molecule has 4 N–H and O–H groups in total. The van der Waals surface area contributed by atoms with Crippen LogP contribution < -0.4 is 21.1 Å². The molecule has 2 unspecified atom stereocenters. The van der Waals surface area contributed by atoms with Crippen LogP contribution in [0.4, 0.5) is 10.7 Å². The molecule has 1 amide bonds. The minimum atomic E-state index is -0.187. The zero-order chi connectivity index (χ0) is 15.3. The number of ether oxygens (including phenoxy) is 1. The van der Waals surface area contributed by atoms with Gasteiger partial charge in [-0.25, -0.2) is 0 Å². The number of thiophene rings is 1. The quantitative estimate of drug-likeness (QED) is 0.723. The summed E-state index contributed by atoms with van der Waals surface area (Å²) in [5.74, 6) is 1.03. The van der Waals surface area contributed by atoms with Gasteiger partial charge in [-0.1, -0.05) is 20.3 Å². The Morgan fingerprint density at radius 3 is 2.60 bits per heavy atom. The van der Waals surface area contributed by atoms with Crippen LogP contribution in [0.2, 0.25) is 0 Å². The smallest absolute Gasteiger partial charge is 0.263 e. The van der Waals surface area contributed by atoms with Gasteiger partial charge in [0.1, 0.15) is 15.6 Å². The number of hydrogen-bond donors (Lipinski definition) is 3. The second kappa shape index (κ2) is 7.38. The Hall–Kier alpha value is -1.43. The first-order chi connectivity index (χ1) is 9.44. The van der Waals surface area contributed by atoms with E-state index in [2.05, 4.69) is 31.4 Å². The summed E-state index contributed by atoms with van der Waals surface area (Å²) in [5, 5.41) is 6.81. The van der Waals surface area contributed by atoms with Gasteiger partial charge in [-0.05, 0) is 19.3 Å². The molecule has 2 atom stereocenters. The maximum absolute atomic E-state index is 11.8. The monoisotopic (exact) mass is 299 g/mol. The van der Waals surface area contributed by atoms with E-state index in [1.165, 1.54) is 11.3 Å². The number of methoxy groups -OCH3 is 1. The van der Waals surface area contributed by atoms with Gasteiger partial charge < -0.3 is 21.1 Å². The molecular weight excluding hydrogens is 274 g/mol. The van der Waals surface area contributed by atoms with Crippen molar-refractivity contribution in [2.75, 3.05) is 25.2 Å². The van der Waals surface area contributed by atoms with Crippen molar-refractivity contribution in [3.63, 3.8) is 0 Å². The van der Waals surface area contributed by atoms with Crippen LogP contribution in [0.5, 0.6) is 5.75 Å². The van der Waals surface area contributed by atoms with Crippen molar-refractivity contribution in [1.29, 1.82) is 0 Å². The number of rotatable bonds is 7. The van der Waals surface area contributed by atoms with Crippen LogP contribution in [0.25, 0.3) is 0 Å². The van der Waals surface area contributed by atoms with Crippen LogP contribution in [-0.4, -0.2) is 26.1 Å². The molecule has 1 aromatic rings. The van der Waals surface area contributed by atoms with E-state index in [0.29, 0.717) is 28.3 Å². The Labute approximate surface area is 124 Å². The largest absolute Gasteiger partial charge is 0.492 e. The molecule has 0 saturated carbocycles. The molecule has 0 bridgehead atoms. The summed E-state index contributed by atoms with van der Waals surface area (Å²) in [4.78, 5) is 12.3. The maximum Gasteiger partial charge on any atom is 0.263 e. The van der Waals surface area contributed by atoms with Crippen molar-refractivity contribution in [1.82, 2.24) is 5.32 Å². The second-order valence-electron chi connectivity index (χ2n) is 5.08. The predicted molar refractivity (Wildman–Crippen MR) is 85.8 cm³/mol. The van der Waals surface area contributed by atoms with E-state index in [-0.39, 0.29) is 5.91 Å². The Morgan fingerprint density at radius 1 is 1.45 bits per heavy atom. The highest BCUT2D eigenvalue weighted by Gasteiger charge is 2.22. The molecule has 1 aromatic heterocycles. The minimum Gasteiger partial charge on any atom is -0.492 e. The highest BCUT2D eigenvalue weighted by molar-refractivity contribution is 7.19. The molecule has 0 aliphatic heterocycles. The van der Waals surface area contributed by atoms with Crippen molar-refractivity contribution in [3.05, 3.63) is 4.88 Å². The molecule has 1 rings (SSSR count). The van der Waals surface area contributed by atoms with Crippen molar-refractivity contribution < 1.29 is 9.53 Å². The van der Waals surface area contributed by atoms with Crippen LogP contribution in [0.15, 0.2) is 0 Å². The third-order valence-corrected chi connectivity index (χ3v) is 4.48. The zero-order valence-corrected chi connectivity index (χ0v) is 13.7. The van der Waals surface area contributed by atoms with E-state index in [4.69, 9.17) is 10.5 Å². The molecule has 0 spiro atoms. The normalized spacial score (nSPS) is 13.7. The highest BCUT2D eigenvalue weighted by Crippen LogP contribution is 2.42. The van der Waals surface area contributed by atoms with Gasteiger partial charge in [0.25, 0.3) is 5.91 Å². The van der Waals surface area contributed by atoms with Crippen LogP contribution in [0.1, 0.15) is 43.3 Å². The fourth-order valence-corrected chi connectivity index (χ4v) is 3.21. The molecule has 0 aliphatic carbocycles. The van der Waals surface area contributed by atoms with E-state index in [1.54, 1.807) is 14.2 Å². The van der Waals surface area contributed by atoms with E-state index in [1.807, 2.05) is 0 Å². The summed E-state index contributed by atoms with van der Waals surface area (Å²) in [6.45, 7) is 6.54.